The molecular weight excluding hydrogens is 306 g/mol. The largest absolute Gasteiger partial charge is 0.338 e. The van der Waals surface area contributed by atoms with Gasteiger partial charge in [-0.2, -0.15) is 0 Å². The topological polar surface area (TPSA) is 89.5 Å². The summed E-state index contributed by atoms with van der Waals surface area (Å²) < 4.78 is 0. The number of nitrogens with zero attached hydrogens (tertiary/aromatic N) is 2. The van der Waals surface area contributed by atoms with E-state index in [1.54, 1.807) is 24.0 Å². The van der Waals surface area contributed by atoms with Crippen LogP contribution in [0.2, 0.25) is 0 Å². The highest BCUT2D eigenvalue weighted by Gasteiger charge is 2.30. The van der Waals surface area contributed by atoms with E-state index in [0.717, 1.165) is 12.8 Å². The van der Waals surface area contributed by atoms with E-state index < -0.39 is 4.92 Å². The number of nitrogens with two attached hydrogens (primary N) is 1. The Morgan fingerprint density at radius 1 is 1.41 bits per heavy atom. The van der Waals surface area contributed by atoms with Gasteiger partial charge in [0.15, 0.2) is 0 Å². The number of likely N-dealkylation sites (tertiary alicyclic amines) is 1. The van der Waals surface area contributed by atoms with Crippen LogP contribution in [0.4, 0.5) is 5.69 Å². The van der Waals surface area contributed by atoms with E-state index in [4.69, 9.17) is 5.73 Å². The summed E-state index contributed by atoms with van der Waals surface area (Å²) in [6.07, 6.45) is 1.70. The van der Waals surface area contributed by atoms with Crippen molar-refractivity contribution in [3.05, 3.63) is 39.4 Å². The highest BCUT2D eigenvalue weighted by molar-refractivity contribution is 5.99. The zero-order valence-electron chi connectivity index (χ0n) is 12.8. The van der Waals surface area contributed by atoms with Gasteiger partial charge in [-0.1, -0.05) is 12.1 Å². The van der Waals surface area contributed by atoms with Crippen molar-refractivity contribution in [2.24, 2.45) is 11.7 Å². The molecule has 1 saturated heterocycles. The third-order valence-electron chi connectivity index (χ3n) is 4.23. The molecule has 1 unspecified atom stereocenters. The zero-order chi connectivity index (χ0) is 15.6. The minimum absolute atomic E-state index is 0. The molecule has 1 aliphatic heterocycles. The summed E-state index contributed by atoms with van der Waals surface area (Å²) in [6.45, 7) is 4.93. The smallest absolute Gasteiger partial charge is 0.282 e. The molecule has 1 aromatic carbocycles. The normalized spacial score (nSPS) is 16.8. The Morgan fingerprint density at radius 2 is 2.00 bits per heavy atom. The van der Waals surface area contributed by atoms with Gasteiger partial charge in [0, 0.05) is 25.2 Å². The van der Waals surface area contributed by atoms with Gasteiger partial charge in [0.05, 0.1) is 4.92 Å². The van der Waals surface area contributed by atoms with Gasteiger partial charge in [-0.05, 0) is 38.2 Å². The molecule has 1 aromatic rings. The average molecular weight is 328 g/mol. The van der Waals surface area contributed by atoms with E-state index in [-0.39, 0.29) is 35.6 Å². The van der Waals surface area contributed by atoms with Crippen LogP contribution >= 0.6 is 12.4 Å². The van der Waals surface area contributed by atoms with Crippen molar-refractivity contribution in [1.29, 1.82) is 0 Å². The first-order valence-corrected chi connectivity index (χ1v) is 7.20. The molecular formula is C15H22ClN3O3. The molecule has 122 valence electrons. The summed E-state index contributed by atoms with van der Waals surface area (Å²) in [5, 5.41) is 11.1. The summed E-state index contributed by atoms with van der Waals surface area (Å²) in [5.74, 6) is 0.170. The van der Waals surface area contributed by atoms with Gasteiger partial charge < -0.3 is 10.6 Å². The molecule has 2 N–H and O–H groups in total. The van der Waals surface area contributed by atoms with E-state index in [1.165, 1.54) is 6.07 Å². The maximum Gasteiger partial charge on any atom is 0.282 e. The lowest BCUT2D eigenvalue weighted by atomic mass is 9.90. The number of hydrogen-bond donors (Lipinski definition) is 1. The van der Waals surface area contributed by atoms with Crippen LogP contribution in [0.25, 0.3) is 0 Å². The third kappa shape index (κ3) is 3.75. The van der Waals surface area contributed by atoms with Crippen molar-refractivity contribution in [3.63, 3.8) is 0 Å². The number of carbonyl (C=O) groups excluding carboxylic acids is 1. The van der Waals surface area contributed by atoms with Crippen molar-refractivity contribution in [3.8, 4) is 0 Å². The molecule has 0 spiro atoms. The molecule has 0 saturated carbocycles. The van der Waals surface area contributed by atoms with Crippen LogP contribution in [0.1, 0.15) is 35.7 Å². The maximum atomic E-state index is 12.6. The molecule has 0 aliphatic carbocycles. The SMILES string of the molecule is Cc1cccc([N+](=O)[O-])c1C(=O)N1CCC(C(C)N)CC1.Cl. The van der Waals surface area contributed by atoms with Crippen LogP contribution in [-0.4, -0.2) is 34.9 Å². The van der Waals surface area contributed by atoms with E-state index >= 15 is 0 Å². The number of nitro groups is 1. The van der Waals surface area contributed by atoms with Crippen molar-refractivity contribution in [2.75, 3.05) is 13.1 Å². The van der Waals surface area contributed by atoms with Gasteiger partial charge in [0.2, 0.25) is 0 Å². The molecule has 0 bridgehead atoms. The van der Waals surface area contributed by atoms with Crippen LogP contribution in [0.5, 0.6) is 0 Å². The molecule has 1 fully saturated rings. The van der Waals surface area contributed by atoms with Gasteiger partial charge in [0.1, 0.15) is 5.56 Å². The average Bonchev–Trinajstić information content (AvgIpc) is 2.46. The number of halogens is 1. The van der Waals surface area contributed by atoms with Gasteiger partial charge in [-0.15, -0.1) is 12.4 Å². The first-order valence-electron chi connectivity index (χ1n) is 7.20. The fourth-order valence-electron chi connectivity index (χ4n) is 2.87. The molecule has 7 heteroatoms. The monoisotopic (exact) mass is 327 g/mol. The number of nitro benzene ring substituents is 1. The summed E-state index contributed by atoms with van der Waals surface area (Å²) >= 11 is 0. The van der Waals surface area contributed by atoms with Gasteiger partial charge in [-0.3, -0.25) is 14.9 Å². The highest BCUT2D eigenvalue weighted by Crippen LogP contribution is 2.26. The first-order chi connectivity index (χ1) is 9.91. The molecule has 22 heavy (non-hydrogen) atoms. The van der Waals surface area contributed by atoms with E-state index in [1.807, 2.05) is 6.92 Å². The number of carbonyl (C=O) groups is 1. The predicted octanol–water partition coefficient (Wildman–Crippen LogP) is 2.52. The van der Waals surface area contributed by atoms with Gasteiger partial charge in [0.25, 0.3) is 11.6 Å². The van der Waals surface area contributed by atoms with Crippen LogP contribution in [0, 0.1) is 23.0 Å². The number of benzene rings is 1. The predicted molar refractivity (Wildman–Crippen MR) is 87.4 cm³/mol. The van der Waals surface area contributed by atoms with Crippen LogP contribution < -0.4 is 5.73 Å². The number of piperidine rings is 1. The molecule has 2 rings (SSSR count). The number of rotatable bonds is 3. The lowest BCUT2D eigenvalue weighted by molar-refractivity contribution is -0.385. The second-order valence-corrected chi connectivity index (χ2v) is 5.71. The molecule has 0 radical (unpaired) electrons. The number of aryl methyl sites for hydroxylation is 1. The molecule has 1 amide bonds. The third-order valence-corrected chi connectivity index (χ3v) is 4.23. The lowest BCUT2D eigenvalue weighted by Crippen LogP contribution is -2.42. The summed E-state index contributed by atoms with van der Waals surface area (Å²) in [4.78, 5) is 24.9. The number of hydrogen-bond acceptors (Lipinski definition) is 4. The van der Waals surface area contributed by atoms with Gasteiger partial charge in [-0.25, -0.2) is 0 Å². The van der Waals surface area contributed by atoms with E-state index in [2.05, 4.69) is 0 Å². The minimum atomic E-state index is -0.491. The Balaban J connectivity index is 0.00000242. The van der Waals surface area contributed by atoms with Crippen molar-refractivity contribution in [1.82, 2.24) is 4.90 Å². The van der Waals surface area contributed by atoms with E-state index in [0.29, 0.717) is 24.6 Å². The first kappa shape index (κ1) is 18.4. The Hall–Kier alpha value is -1.66. The maximum absolute atomic E-state index is 12.6. The highest BCUT2D eigenvalue weighted by atomic mass is 35.5. The fraction of sp³-hybridized carbons (Fsp3) is 0.533. The number of amides is 1. The lowest BCUT2D eigenvalue weighted by Gasteiger charge is -2.33. The van der Waals surface area contributed by atoms with E-state index in [9.17, 15) is 14.9 Å². The summed E-state index contributed by atoms with van der Waals surface area (Å²) in [5.41, 5.74) is 6.63. The molecule has 0 aromatic heterocycles. The van der Waals surface area contributed by atoms with Crippen LogP contribution in [0.15, 0.2) is 18.2 Å². The minimum Gasteiger partial charge on any atom is -0.338 e. The second-order valence-electron chi connectivity index (χ2n) is 5.71. The van der Waals surface area contributed by atoms with Crippen LogP contribution in [-0.2, 0) is 0 Å². The molecule has 1 heterocycles. The molecule has 1 aliphatic rings. The summed E-state index contributed by atoms with van der Waals surface area (Å²) in [6, 6.07) is 4.84. The molecule has 6 nitrogen and oxygen atoms in total. The van der Waals surface area contributed by atoms with Crippen molar-refractivity contribution >= 4 is 24.0 Å². The second kappa shape index (κ2) is 7.56. The standard InChI is InChI=1S/C15H21N3O3.ClH/c1-10-4-3-5-13(18(20)21)14(10)15(19)17-8-6-12(7-9-17)11(2)16;/h3-5,11-12H,6-9,16H2,1-2H3;1H. The fourth-order valence-corrected chi connectivity index (χ4v) is 2.87. The quantitative estimate of drug-likeness (QED) is 0.682. The van der Waals surface area contributed by atoms with Crippen LogP contribution in [0.3, 0.4) is 0 Å². The Bertz CT molecular complexity index is 555. The van der Waals surface area contributed by atoms with Gasteiger partial charge >= 0.3 is 0 Å². The van der Waals surface area contributed by atoms with Crippen molar-refractivity contribution < 1.29 is 9.72 Å². The Labute approximate surface area is 136 Å². The Morgan fingerprint density at radius 3 is 2.50 bits per heavy atom. The summed E-state index contributed by atoms with van der Waals surface area (Å²) in [7, 11) is 0. The zero-order valence-corrected chi connectivity index (χ0v) is 13.6. The molecule has 1 atom stereocenters. The van der Waals surface area contributed by atoms with Crippen molar-refractivity contribution in [2.45, 2.75) is 32.7 Å². The Kier molecular flexibility index (Phi) is 6.32.